The Hall–Kier alpha value is -1.26. The number of carbonyl (C=O) groups excluding carboxylic acids is 1. The molecule has 4 heteroatoms. The lowest BCUT2D eigenvalue weighted by atomic mass is 9.72. The molecule has 1 aromatic rings. The molecule has 0 amide bonds. The lowest BCUT2D eigenvalue weighted by molar-refractivity contribution is 0.105. The lowest BCUT2D eigenvalue weighted by Gasteiger charge is -2.45. The third-order valence-corrected chi connectivity index (χ3v) is 11.8. The Labute approximate surface area is 184 Å². The number of pyridine rings is 1. The van der Waals surface area contributed by atoms with Crippen molar-refractivity contribution in [3.63, 3.8) is 0 Å². The van der Waals surface area contributed by atoms with E-state index in [1.54, 1.807) is 0 Å². The molecule has 3 nitrogen and oxygen atoms in total. The second-order valence-electron chi connectivity index (χ2n) is 12.0. The minimum atomic E-state index is -1.98. The number of aromatic nitrogens is 1. The molecule has 0 aromatic carbocycles. The van der Waals surface area contributed by atoms with Gasteiger partial charge in [-0.15, -0.1) is 0 Å². The summed E-state index contributed by atoms with van der Waals surface area (Å²) in [6.07, 6.45) is 8.64. The first-order chi connectivity index (χ1) is 13.8. The van der Waals surface area contributed by atoms with Crippen molar-refractivity contribution in [1.82, 2.24) is 4.98 Å². The van der Waals surface area contributed by atoms with Crippen molar-refractivity contribution in [2.45, 2.75) is 111 Å². The van der Waals surface area contributed by atoms with Gasteiger partial charge in [-0.05, 0) is 72.7 Å². The van der Waals surface area contributed by atoms with Gasteiger partial charge in [0.05, 0.1) is 11.8 Å². The second kappa shape index (κ2) is 8.02. The van der Waals surface area contributed by atoms with Crippen LogP contribution >= 0.6 is 0 Å². The molecule has 0 spiro atoms. The van der Waals surface area contributed by atoms with Crippen molar-refractivity contribution in [3.8, 4) is 0 Å². The molecule has 30 heavy (non-hydrogen) atoms. The van der Waals surface area contributed by atoms with Crippen LogP contribution in [0.4, 0.5) is 0 Å². The number of nitrogens with zero attached hydrogens (tertiary/aromatic N) is 1. The smallest absolute Gasteiger partial charge is 0.192 e. The van der Waals surface area contributed by atoms with E-state index in [-0.39, 0.29) is 22.5 Å². The van der Waals surface area contributed by atoms with Crippen molar-refractivity contribution in [3.05, 3.63) is 34.2 Å². The van der Waals surface area contributed by atoms with Gasteiger partial charge in [0.2, 0.25) is 0 Å². The van der Waals surface area contributed by atoms with Crippen molar-refractivity contribution < 1.29 is 9.22 Å². The topological polar surface area (TPSA) is 39.2 Å². The fourth-order valence-corrected chi connectivity index (χ4v) is 6.00. The third-order valence-electron chi connectivity index (χ3n) is 7.36. The van der Waals surface area contributed by atoms with Crippen LogP contribution in [0.1, 0.15) is 119 Å². The maximum absolute atomic E-state index is 12.4. The number of carbonyl (C=O) groups is 1. The zero-order valence-corrected chi connectivity index (χ0v) is 21.6. The van der Waals surface area contributed by atoms with E-state index >= 15 is 0 Å². The molecule has 0 bridgehead atoms. The van der Waals surface area contributed by atoms with Crippen molar-refractivity contribution in [1.29, 1.82) is 0 Å². The van der Waals surface area contributed by atoms with Crippen LogP contribution in [0.25, 0.3) is 5.57 Å². The van der Waals surface area contributed by atoms with Crippen molar-refractivity contribution in [2.24, 2.45) is 5.41 Å². The number of aldehydes is 1. The predicted octanol–water partition coefficient (Wildman–Crippen LogP) is 7.62. The number of fused-ring (bicyclic) bond motifs is 1. The Kier molecular flexibility index (Phi) is 6.25. The van der Waals surface area contributed by atoms with Gasteiger partial charge >= 0.3 is 0 Å². The molecule has 2 aliphatic rings. The molecule has 2 aliphatic carbocycles. The highest BCUT2D eigenvalue weighted by Gasteiger charge is 2.44. The molecule has 3 rings (SSSR count). The molecule has 0 unspecified atom stereocenters. The molecular weight excluding hydrogens is 386 g/mol. The molecule has 1 aromatic heterocycles. The van der Waals surface area contributed by atoms with Gasteiger partial charge in [0, 0.05) is 16.8 Å². The Morgan fingerprint density at radius 1 is 1.27 bits per heavy atom. The van der Waals surface area contributed by atoms with Crippen LogP contribution in [0, 0.1) is 5.41 Å². The van der Waals surface area contributed by atoms with Gasteiger partial charge in [0.1, 0.15) is 0 Å². The first kappa shape index (κ1) is 23.4. The van der Waals surface area contributed by atoms with Crippen LogP contribution in [-0.2, 0) is 10.8 Å². The lowest BCUT2D eigenvalue weighted by Crippen LogP contribution is -2.44. The number of rotatable bonds is 5. The van der Waals surface area contributed by atoms with E-state index in [1.807, 2.05) is 0 Å². The highest BCUT2D eigenvalue weighted by Crippen LogP contribution is 2.50. The van der Waals surface area contributed by atoms with Crippen LogP contribution in [0.15, 0.2) is 6.08 Å². The fourth-order valence-electron chi connectivity index (χ4n) is 4.73. The van der Waals surface area contributed by atoms with Crippen LogP contribution in [0.2, 0.25) is 18.1 Å². The third kappa shape index (κ3) is 4.36. The SMILES string of the molecule is CC(C)c1nc2c(c(C3=CCCC3)c1C=O)[C@@H](O[Si](C)(C)C(C)(C)C)CC(C)(C)C2. The first-order valence-electron chi connectivity index (χ1n) is 11.7. The summed E-state index contributed by atoms with van der Waals surface area (Å²) in [7, 11) is -1.98. The second-order valence-corrected chi connectivity index (χ2v) is 16.7. The van der Waals surface area contributed by atoms with Crippen LogP contribution in [0.5, 0.6) is 0 Å². The standard InChI is InChI=1S/C26H41NO2Si/c1-17(2)24-19(16-28)22(18-12-10-11-13-18)23-20(27-24)14-26(6,7)15-21(23)29-30(8,9)25(3,4)5/h12,16-17,21H,10-11,13-15H2,1-9H3/t21-/m0/s1. The maximum atomic E-state index is 12.4. The van der Waals surface area contributed by atoms with E-state index in [4.69, 9.17) is 9.41 Å². The fraction of sp³-hybridized carbons (Fsp3) is 0.692. The first-order valence-corrected chi connectivity index (χ1v) is 14.6. The Balaban J connectivity index is 2.28. The largest absolute Gasteiger partial charge is 0.410 e. The summed E-state index contributed by atoms with van der Waals surface area (Å²) in [5.74, 6) is 0.223. The Morgan fingerprint density at radius 3 is 2.43 bits per heavy atom. The molecule has 1 atom stereocenters. The van der Waals surface area contributed by atoms with E-state index in [9.17, 15) is 4.79 Å². The van der Waals surface area contributed by atoms with E-state index in [0.29, 0.717) is 0 Å². The van der Waals surface area contributed by atoms with Gasteiger partial charge in [-0.3, -0.25) is 9.78 Å². The summed E-state index contributed by atoms with van der Waals surface area (Å²) in [5.41, 5.74) is 6.77. The van der Waals surface area contributed by atoms with Crippen LogP contribution in [0.3, 0.4) is 0 Å². The molecule has 0 aliphatic heterocycles. The summed E-state index contributed by atoms with van der Waals surface area (Å²) in [4.78, 5) is 17.5. The van der Waals surface area contributed by atoms with Crippen molar-refractivity contribution in [2.75, 3.05) is 0 Å². The molecule has 0 N–H and O–H groups in total. The van der Waals surface area contributed by atoms with E-state index in [0.717, 1.165) is 54.5 Å². The highest BCUT2D eigenvalue weighted by molar-refractivity contribution is 6.74. The monoisotopic (exact) mass is 427 g/mol. The summed E-state index contributed by atoms with van der Waals surface area (Å²) in [5, 5.41) is 0.139. The van der Waals surface area contributed by atoms with Gasteiger partial charge in [-0.1, -0.05) is 54.5 Å². The zero-order chi connectivity index (χ0) is 22.5. The molecule has 0 saturated carbocycles. The minimum Gasteiger partial charge on any atom is -0.410 e. The Bertz CT molecular complexity index is 859. The average molecular weight is 428 g/mol. The minimum absolute atomic E-state index is 0.00792. The highest BCUT2D eigenvalue weighted by atomic mass is 28.4. The zero-order valence-electron chi connectivity index (χ0n) is 20.6. The Morgan fingerprint density at radius 2 is 1.93 bits per heavy atom. The quantitative estimate of drug-likeness (QED) is 0.358. The number of hydrogen-bond donors (Lipinski definition) is 0. The molecule has 0 radical (unpaired) electrons. The molecular formula is C26H41NO2Si. The van der Waals surface area contributed by atoms with Gasteiger partial charge in [0.25, 0.3) is 0 Å². The van der Waals surface area contributed by atoms with Gasteiger partial charge in [-0.2, -0.15) is 0 Å². The number of hydrogen-bond acceptors (Lipinski definition) is 3. The summed E-state index contributed by atoms with van der Waals surface area (Å²) in [6.45, 7) is 20.5. The maximum Gasteiger partial charge on any atom is 0.192 e. The van der Waals surface area contributed by atoms with Crippen LogP contribution < -0.4 is 0 Å². The van der Waals surface area contributed by atoms with E-state index in [2.05, 4.69) is 67.6 Å². The van der Waals surface area contributed by atoms with Gasteiger partial charge < -0.3 is 4.43 Å². The normalized spacial score (nSPS) is 21.5. The van der Waals surface area contributed by atoms with E-state index < -0.39 is 8.32 Å². The summed E-state index contributed by atoms with van der Waals surface area (Å²) < 4.78 is 7.06. The predicted molar refractivity (Wildman–Crippen MR) is 129 cm³/mol. The molecule has 1 heterocycles. The molecule has 0 saturated heterocycles. The molecule has 166 valence electrons. The number of allylic oxidation sites excluding steroid dienone is 2. The van der Waals surface area contributed by atoms with Gasteiger partial charge in [0.15, 0.2) is 14.6 Å². The van der Waals surface area contributed by atoms with Gasteiger partial charge in [-0.25, -0.2) is 0 Å². The van der Waals surface area contributed by atoms with Crippen molar-refractivity contribution >= 4 is 20.2 Å². The molecule has 0 fully saturated rings. The van der Waals surface area contributed by atoms with E-state index in [1.165, 1.54) is 17.6 Å². The average Bonchev–Trinajstić information content (AvgIpc) is 3.11. The summed E-state index contributed by atoms with van der Waals surface area (Å²) in [6, 6.07) is 0. The van der Waals surface area contributed by atoms with Crippen LogP contribution in [-0.4, -0.2) is 19.6 Å². The summed E-state index contributed by atoms with van der Waals surface area (Å²) >= 11 is 0.